The first-order valence-electron chi connectivity index (χ1n) is 11.7. The minimum atomic E-state index is 0. The second-order valence-corrected chi connectivity index (χ2v) is 10.1. The fourth-order valence-electron chi connectivity index (χ4n) is 7.43. The van der Waals surface area contributed by atoms with E-state index in [0.29, 0.717) is 17.6 Å². The van der Waals surface area contributed by atoms with Crippen LogP contribution >= 0.6 is 0 Å². The Kier molecular flexibility index (Phi) is 5.48. The molecule has 5 atom stereocenters. The maximum absolute atomic E-state index is 6.66. The second kappa shape index (κ2) is 8.03. The summed E-state index contributed by atoms with van der Waals surface area (Å²) >= 11 is 0. The molecular weight excluding hydrogens is 446 g/mol. The molecule has 0 unspecified atom stereocenters. The molecule has 0 spiro atoms. The van der Waals surface area contributed by atoms with Gasteiger partial charge in [0, 0.05) is 23.8 Å². The highest BCUT2D eigenvalue weighted by molar-refractivity contribution is 5.85. The molecule has 2 saturated heterocycles. The maximum atomic E-state index is 6.66. The number of benzene rings is 3. The standard InChI is InChI=1S/C28H32NO.BrH/c1-28-24-14-15-26(28)27(30-20-21-8-3-2-4-9-21)19-29(28,17-16-24)18-23-12-7-11-22-10-5-6-13-25(22)23;/h2-13,24,26-27H,14-20H2,1H3;1H/q+1;/p-1/t24-,26+,27-,28+,29+;/m0./s1. The smallest absolute Gasteiger partial charge is 0.116 e. The minimum absolute atomic E-state index is 0. The zero-order valence-corrected chi connectivity index (χ0v) is 19.9. The molecule has 0 radical (unpaired) electrons. The largest absolute Gasteiger partial charge is 1.00 e. The molecule has 1 saturated carbocycles. The normalized spacial score (nSPS) is 33.4. The Bertz CT molecular complexity index is 1060. The van der Waals surface area contributed by atoms with Gasteiger partial charge >= 0.3 is 0 Å². The first-order valence-corrected chi connectivity index (χ1v) is 11.7. The van der Waals surface area contributed by atoms with Crippen molar-refractivity contribution < 1.29 is 26.2 Å². The van der Waals surface area contributed by atoms with Crippen LogP contribution in [0.5, 0.6) is 0 Å². The van der Waals surface area contributed by atoms with Crippen LogP contribution < -0.4 is 17.0 Å². The van der Waals surface area contributed by atoms with Crippen LogP contribution in [0.25, 0.3) is 10.8 Å². The average Bonchev–Trinajstić information content (AvgIpc) is 3.35. The lowest BCUT2D eigenvalue weighted by Crippen LogP contribution is -3.00. The van der Waals surface area contributed by atoms with Gasteiger partial charge in [0.2, 0.25) is 0 Å². The van der Waals surface area contributed by atoms with Gasteiger partial charge < -0.3 is 26.2 Å². The predicted octanol–water partition coefficient (Wildman–Crippen LogP) is 2.95. The molecule has 0 aromatic heterocycles. The van der Waals surface area contributed by atoms with E-state index in [1.807, 2.05) is 0 Å². The van der Waals surface area contributed by atoms with Crippen LogP contribution in [0.15, 0.2) is 72.8 Å². The molecule has 2 heterocycles. The van der Waals surface area contributed by atoms with Gasteiger partial charge in [-0.25, -0.2) is 0 Å². The second-order valence-electron chi connectivity index (χ2n) is 10.1. The summed E-state index contributed by atoms with van der Waals surface area (Å²) in [7, 11) is 0. The van der Waals surface area contributed by atoms with E-state index in [4.69, 9.17) is 4.74 Å². The van der Waals surface area contributed by atoms with Gasteiger partial charge in [-0.3, -0.25) is 0 Å². The van der Waals surface area contributed by atoms with E-state index >= 15 is 0 Å². The molecular formula is C28H32BrNO. The molecule has 3 fully saturated rings. The van der Waals surface area contributed by atoms with Crippen LogP contribution in [-0.4, -0.2) is 29.2 Å². The SMILES string of the molecule is C[C@@]12[C@H]3CC[C@@H]1[C@@H](OCc1ccccc1)C[N@+]2(Cc1cccc2ccccc12)CC3.[Br-]. The number of nitrogens with zero attached hydrogens (tertiary/aromatic N) is 1. The summed E-state index contributed by atoms with van der Waals surface area (Å²) < 4.78 is 7.89. The van der Waals surface area contributed by atoms with Crippen molar-refractivity contribution >= 4 is 10.8 Å². The molecule has 2 aliphatic heterocycles. The molecule has 162 valence electrons. The molecule has 3 aromatic rings. The Morgan fingerprint density at radius 3 is 2.55 bits per heavy atom. The van der Waals surface area contributed by atoms with Crippen molar-refractivity contribution in [3.8, 4) is 0 Å². The van der Waals surface area contributed by atoms with Crippen molar-refractivity contribution in [3.63, 3.8) is 0 Å². The Morgan fingerprint density at radius 1 is 0.903 bits per heavy atom. The molecule has 0 N–H and O–H groups in total. The highest BCUT2D eigenvalue weighted by Crippen LogP contribution is 2.61. The zero-order valence-electron chi connectivity index (χ0n) is 18.3. The van der Waals surface area contributed by atoms with E-state index in [0.717, 1.165) is 19.1 Å². The number of halogens is 1. The van der Waals surface area contributed by atoms with Gasteiger partial charge in [0.1, 0.15) is 24.7 Å². The maximum Gasteiger partial charge on any atom is 0.116 e. The van der Waals surface area contributed by atoms with Crippen molar-refractivity contribution in [2.75, 3.05) is 13.1 Å². The fraction of sp³-hybridized carbons (Fsp3) is 0.429. The number of rotatable bonds is 5. The van der Waals surface area contributed by atoms with E-state index in [9.17, 15) is 0 Å². The molecule has 3 aliphatic rings. The number of fused-ring (bicyclic) bond motifs is 1. The summed E-state index contributed by atoms with van der Waals surface area (Å²) in [5.41, 5.74) is 3.19. The number of ether oxygens (including phenoxy) is 1. The zero-order chi connectivity index (χ0) is 20.2. The third-order valence-corrected chi connectivity index (χ3v) is 8.97. The van der Waals surface area contributed by atoms with Crippen LogP contribution in [-0.2, 0) is 17.9 Å². The van der Waals surface area contributed by atoms with E-state index in [-0.39, 0.29) is 17.0 Å². The number of hydrogen-bond donors (Lipinski definition) is 0. The lowest BCUT2D eigenvalue weighted by molar-refractivity contribution is -0.966. The third kappa shape index (κ3) is 3.20. The molecule has 3 aromatic carbocycles. The van der Waals surface area contributed by atoms with Crippen molar-refractivity contribution in [3.05, 3.63) is 83.9 Å². The lowest BCUT2D eigenvalue weighted by atomic mass is 9.83. The molecule has 2 nitrogen and oxygen atoms in total. The van der Waals surface area contributed by atoms with Gasteiger partial charge in [-0.05, 0) is 36.1 Å². The van der Waals surface area contributed by atoms with Crippen molar-refractivity contribution in [1.82, 2.24) is 0 Å². The van der Waals surface area contributed by atoms with Crippen molar-refractivity contribution in [1.29, 1.82) is 0 Å². The van der Waals surface area contributed by atoms with Crippen molar-refractivity contribution in [2.24, 2.45) is 11.8 Å². The summed E-state index contributed by atoms with van der Waals surface area (Å²) in [5.74, 6) is 1.56. The van der Waals surface area contributed by atoms with Crippen LogP contribution in [0.3, 0.4) is 0 Å². The van der Waals surface area contributed by atoms with Gasteiger partial charge in [0.15, 0.2) is 0 Å². The quantitative estimate of drug-likeness (QED) is 0.513. The molecule has 1 aliphatic carbocycles. The highest BCUT2D eigenvalue weighted by Gasteiger charge is 2.71. The van der Waals surface area contributed by atoms with Crippen LogP contribution in [0, 0.1) is 11.8 Å². The topological polar surface area (TPSA) is 9.23 Å². The van der Waals surface area contributed by atoms with Gasteiger partial charge in [-0.15, -0.1) is 0 Å². The Hall–Kier alpha value is -1.68. The van der Waals surface area contributed by atoms with Gasteiger partial charge in [0.25, 0.3) is 0 Å². The Balaban J connectivity index is 0.00000204. The van der Waals surface area contributed by atoms with E-state index < -0.39 is 0 Å². The molecule has 6 rings (SSSR count). The van der Waals surface area contributed by atoms with E-state index in [1.54, 1.807) is 0 Å². The van der Waals surface area contributed by atoms with Gasteiger partial charge in [-0.1, -0.05) is 72.8 Å². The molecule has 0 bridgehead atoms. The monoisotopic (exact) mass is 477 g/mol. The summed E-state index contributed by atoms with van der Waals surface area (Å²) in [6.07, 6.45) is 4.51. The summed E-state index contributed by atoms with van der Waals surface area (Å²) in [4.78, 5) is 0. The van der Waals surface area contributed by atoms with Crippen molar-refractivity contribution in [2.45, 2.75) is 51.0 Å². The fourth-order valence-corrected chi connectivity index (χ4v) is 7.43. The van der Waals surface area contributed by atoms with E-state index in [1.165, 1.54) is 58.7 Å². The Morgan fingerprint density at radius 2 is 1.68 bits per heavy atom. The van der Waals surface area contributed by atoms with Crippen LogP contribution in [0.4, 0.5) is 0 Å². The predicted molar refractivity (Wildman–Crippen MR) is 122 cm³/mol. The summed E-state index contributed by atoms with van der Waals surface area (Å²) in [5, 5.41) is 2.80. The minimum Gasteiger partial charge on any atom is -1.00 e. The highest BCUT2D eigenvalue weighted by atomic mass is 79.9. The van der Waals surface area contributed by atoms with Gasteiger partial charge in [-0.2, -0.15) is 0 Å². The average molecular weight is 478 g/mol. The molecule has 31 heavy (non-hydrogen) atoms. The Labute approximate surface area is 196 Å². The first-order chi connectivity index (χ1) is 14.7. The van der Waals surface area contributed by atoms with Gasteiger partial charge in [0.05, 0.1) is 13.2 Å². The number of quaternary nitrogens is 1. The van der Waals surface area contributed by atoms with Crippen LogP contribution in [0.2, 0.25) is 0 Å². The number of hydrogen-bond acceptors (Lipinski definition) is 1. The van der Waals surface area contributed by atoms with Crippen LogP contribution in [0.1, 0.15) is 37.3 Å². The molecule has 3 heteroatoms. The first kappa shape index (κ1) is 21.2. The third-order valence-electron chi connectivity index (χ3n) is 8.97. The summed E-state index contributed by atoms with van der Waals surface area (Å²) in [6.45, 7) is 6.99. The van der Waals surface area contributed by atoms with E-state index in [2.05, 4.69) is 79.7 Å². The lowest BCUT2D eigenvalue weighted by Gasteiger charge is -2.44. The summed E-state index contributed by atoms with van der Waals surface area (Å²) in [6, 6.07) is 26.5. The molecule has 0 amide bonds.